The monoisotopic (exact) mass is 284 g/mol. The maximum atomic E-state index is 11.7. The van der Waals surface area contributed by atoms with Crippen LogP contribution >= 0.6 is 11.6 Å². The highest BCUT2D eigenvalue weighted by molar-refractivity contribution is 6.30. The summed E-state index contributed by atoms with van der Waals surface area (Å²) >= 11 is 5.84. The molecular weight excluding hydrogens is 266 g/mol. The van der Waals surface area contributed by atoms with E-state index in [0.29, 0.717) is 10.8 Å². The lowest BCUT2D eigenvalue weighted by Gasteiger charge is -2.29. The first kappa shape index (κ1) is 14.1. The number of carbonyl (C=O) groups is 1. The number of nitrogens with one attached hydrogen (secondary N) is 2. The third kappa shape index (κ3) is 4.70. The van der Waals surface area contributed by atoms with Crippen molar-refractivity contribution in [2.45, 2.75) is 0 Å². The van der Waals surface area contributed by atoms with Gasteiger partial charge in [0.2, 0.25) is 0 Å². The topological polar surface area (TPSA) is 46.0 Å². The molecule has 0 spiro atoms. The average molecular weight is 285 g/mol. The summed E-state index contributed by atoms with van der Waals surface area (Å²) in [5, 5.41) is 2.54. The van der Waals surface area contributed by atoms with E-state index in [1.807, 2.05) is 5.01 Å². The largest absolute Gasteiger partial charge is 0.484 e. The molecule has 0 atom stereocenters. The average Bonchev–Trinajstić information content (AvgIpc) is 2.39. The van der Waals surface area contributed by atoms with E-state index in [-0.39, 0.29) is 12.5 Å². The Bertz CT molecular complexity index is 434. The first-order chi connectivity index (χ1) is 9.13. The summed E-state index contributed by atoms with van der Waals surface area (Å²) in [6, 6.07) is 7.02. The third-order valence-corrected chi connectivity index (χ3v) is 3.30. The lowest BCUT2D eigenvalue weighted by Crippen LogP contribution is -3.12. The van der Waals surface area contributed by atoms with Crippen LogP contribution in [0, 0.1) is 0 Å². The van der Waals surface area contributed by atoms with Gasteiger partial charge in [-0.3, -0.25) is 10.2 Å². The zero-order valence-corrected chi connectivity index (χ0v) is 11.7. The molecule has 1 fully saturated rings. The van der Waals surface area contributed by atoms with Gasteiger partial charge in [0.15, 0.2) is 6.61 Å². The van der Waals surface area contributed by atoms with Gasteiger partial charge < -0.3 is 9.64 Å². The van der Waals surface area contributed by atoms with Crippen LogP contribution in [-0.2, 0) is 4.79 Å². The van der Waals surface area contributed by atoms with Crippen molar-refractivity contribution >= 4 is 17.5 Å². The Kier molecular flexibility index (Phi) is 5.01. The molecule has 1 amide bonds. The number of amides is 1. The van der Waals surface area contributed by atoms with Crippen molar-refractivity contribution in [2.75, 3.05) is 39.8 Å². The van der Waals surface area contributed by atoms with Crippen molar-refractivity contribution in [3.63, 3.8) is 0 Å². The lowest BCUT2D eigenvalue weighted by atomic mass is 10.3. The van der Waals surface area contributed by atoms with Gasteiger partial charge in [-0.2, -0.15) is 0 Å². The highest BCUT2D eigenvalue weighted by Gasteiger charge is 2.18. The van der Waals surface area contributed by atoms with E-state index in [4.69, 9.17) is 16.3 Å². The van der Waals surface area contributed by atoms with Crippen molar-refractivity contribution < 1.29 is 14.4 Å². The molecule has 104 valence electrons. The SMILES string of the molecule is C[NH+]1CCN(NC(=O)COc2cccc(Cl)c2)CC1. The highest BCUT2D eigenvalue weighted by atomic mass is 35.5. The predicted molar refractivity (Wildman–Crippen MR) is 73.3 cm³/mol. The minimum Gasteiger partial charge on any atom is -0.484 e. The fourth-order valence-electron chi connectivity index (χ4n) is 1.91. The minimum atomic E-state index is -0.139. The maximum absolute atomic E-state index is 11.7. The molecule has 0 aromatic heterocycles. The van der Waals surface area contributed by atoms with E-state index in [1.165, 1.54) is 4.90 Å². The summed E-state index contributed by atoms with van der Waals surface area (Å²) < 4.78 is 5.38. The number of benzene rings is 1. The van der Waals surface area contributed by atoms with Crippen LogP contribution in [0.3, 0.4) is 0 Å². The van der Waals surface area contributed by atoms with Crippen LogP contribution in [0.1, 0.15) is 0 Å². The summed E-state index contributed by atoms with van der Waals surface area (Å²) in [4.78, 5) is 13.2. The summed E-state index contributed by atoms with van der Waals surface area (Å²) in [5.74, 6) is 0.463. The van der Waals surface area contributed by atoms with Crippen LogP contribution in [0.25, 0.3) is 0 Å². The molecule has 1 saturated heterocycles. The van der Waals surface area contributed by atoms with Gasteiger partial charge in [0.25, 0.3) is 5.91 Å². The normalized spacial score (nSPS) is 17.2. The van der Waals surface area contributed by atoms with Gasteiger partial charge in [-0.25, -0.2) is 5.01 Å². The molecule has 2 N–H and O–H groups in total. The summed E-state index contributed by atoms with van der Waals surface area (Å²) in [7, 11) is 2.15. The van der Waals surface area contributed by atoms with Crippen LogP contribution < -0.4 is 15.1 Å². The maximum Gasteiger partial charge on any atom is 0.272 e. The van der Waals surface area contributed by atoms with Crippen LogP contribution in [0.5, 0.6) is 5.75 Å². The second-order valence-corrected chi connectivity index (χ2v) is 5.16. The number of rotatable bonds is 4. The Labute approximate surface area is 118 Å². The number of likely N-dealkylation sites (N-methyl/N-ethyl adjacent to an activating group) is 1. The minimum absolute atomic E-state index is 0.000458. The summed E-state index contributed by atoms with van der Waals surface area (Å²) in [5.41, 5.74) is 2.85. The second-order valence-electron chi connectivity index (χ2n) is 4.73. The van der Waals surface area contributed by atoms with Crippen molar-refractivity contribution in [1.82, 2.24) is 10.4 Å². The van der Waals surface area contributed by atoms with E-state index in [1.54, 1.807) is 24.3 Å². The van der Waals surface area contributed by atoms with Crippen LogP contribution in [0.15, 0.2) is 24.3 Å². The first-order valence-corrected chi connectivity index (χ1v) is 6.75. The number of nitrogens with zero attached hydrogens (tertiary/aromatic N) is 1. The van der Waals surface area contributed by atoms with Crippen LogP contribution in [0.4, 0.5) is 0 Å². The second kappa shape index (κ2) is 6.75. The smallest absolute Gasteiger partial charge is 0.272 e. The van der Waals surface area contributed by atoms with Gasteiger partial charge in [-0.1, -0.05) is 17.7 Å². The molecule has 0 aliphatic carbocycles. The van der Waals surface area contributed by atoms with Gasteiger partial charge in [-0.15, -0.1) is 0 Å². The highest BCUT2D eigenvalue weighted by Crippen LogP contribution is 2.16. The zero-order valence-electron chi connectivity index (χ0n) is 11.0. The molecule has 0 saturated carbocycles. The van der Waals surface area contributed by atoms with Gasteiger partial charge in [0.1, 0.15) is 5.75 Å². The van der Waals surface area contributed by atoms with E-state index in [0.717, 1.165) is 26.2 Å². The van der Waals surface area contributed by atoms with Crippen LogP contribution in [-0.4, -0.2) is 50.7 Å². The Hall–Kier alpha value is -1.30. The molecule has 2 rings (SSSR count). The molecule has 1 aromatic rings. The zero-order chi connectivity index (χ0) is 13.7. The number of quaternary nitrogens is 1. The van der Waals surface area contributed by atoms with Gasteiger partial charge in [-0.05, 0) is 18.2 Å². The molecule has 5 nitrogen and oxygen atoms in total. The van der Waals surface area contributed by atoms with Gasteiger partial charge >= 0.3 is 0 Å². The Morgan fingerprint density at radius 3 is 2.89 bits per heavy atom. The number of hydrazine groups is 1. The first-order valence-electron chi connectivity index (χ1n) is 6.37. The van der Waals surface area contributed by atoms with Gasteiger partial charge in [0, 0.05) is 5.02 Å². The molecule has 0 bridgehead atoms. The lowest BCUT2D eigenvalue weighted by molar-refractivity contribution is -0.884. The van der Waals surface area contributed by atoms with E-state index < -0.39 is 0 Å². The number of halogens is 1. The molecule has 19 heavy (non-hydrogen) atoms. The predicted octanol–water partition coefficient (Wildman–Crippen LogP) is -0.420. The number of piperazine rings is 1. The molecular formula is C13H19ClN3O2+. The van der Waals surface area contributed by atoms with Crippen LogP contribution in [0.2, 0.25) is 5.02 Å². The molecule has 0 unspecified atom stereocenters. The Balaban J connectivity index is 1.73. The fourth-order valence-corrected chi connectivity index (χ4v) is 2.09. The summed E-state index contributed by atoms with van der Waals surface area (Å²) in [6.45, 7) is 3.81. The molecule has 1 heterocycles. The van der Waals surface area contributed by atoms with Crippen molar-refractivity contribution in [1.29, 1.82) is 0 Å². The molecule has 1 aliphatic rings. The van der Waals surface area contributed by atoms with E-state index in [9.17, 15) is 4.79 Å². The number of hydrogen-bond donors (Lipinski definition) is 2. The Morgan fingerprint density at radius 2 is 2.21 bits per heavy atom. The summed E-state index contributed by atoms with van der Waals surface area (Å²) in [6.07, 6.45) is 0. The Morgan fingerprint density at radius 1 is 1.47 bits per heavy atom. The molecule has 1 aliphatic heterocycles. The van der Waals surface area contributed by atoms with Crippen molar-refractivity contribution in [2.24, 2.45) is 0 Å². The van der Waals surface area contributed by atoms with E-state index >= 15 is 0 Å². The third-order valence-electron chi connectivity index (χ3n) is 3.07. The van der Waals surface area contributed by atoms with Crippen molar-refractivity contribution in [3.05, 3.63) is 29.3 Å². The number of carbonyl (C=O) groups excluding carboxylic acids is 1. The molecule has 6 heteroatoms. The quantitative estimate of drug-likeness (QED) is 0.790. The number of ether oxygens (including phenoxy) is 1. The number of hydrogen-bond acceptors (Lipinski definition) is 3. The molecule has 0 radical (unpaired) electrons. The van der Waals surface area contributed by atoms with E-state index in [2.05, 4.69) is 12.5 Å². The standard InChI is InChI=1S/C13H18ClN3O2/c1-16-5-7-17(8-6-16)15-13(18)10-19-12-4-2-3-11(14)9-12/h2-4,9H,5-8,10H2,1H3,(H,15,18)/p+1. The fraction of sp³-hybridized carbons (Fsp3) is 0.462. The van der Waals surface area contributed by atoms with Crippen molar-refractivity contribution in [3.8, 4) is 5.75 Å². The molecule has 1 aromatic carbocycles. The van der Waals surface area contributed by atoms with Gasteiger partial charge in [0.05, 0.1) is 33.2 Å².